The topological polar surface area (TPSA) is 98.5 Å². The Bertz CT molecular complexity index is 816. The number of rotatable bonds is 9. The first-order chi connectivity index (χ1) is 12.4. The second kappa shape index (κ2) is 9.35. The van der Waals surface area contributed by atoms with E-state index in [-0.39, 0.29) is 17.2 Å². The SMILES string of the molecule is CCc1ccc(OCCC(=O)NCCc2ccc(S(N)(=O)=O)cc2)cc1. The van der Waals surface area contributed by atoms with Crippen LogP contribution in [0.25, 0.3) is 0 Å². The van der Waals surface area contributed by atoms with E-state index in [4.69, 9.17) is 9.88 Å². The average molecular weight is 376 g/mol. The molecule has 2 rings (SSSR count). The smallest absolute Gasteiger partial charge is 0.238 e. The van der Waals surface area contributed by atoms with Crippen LogP contribution in [0.3, 0.4) is 0 Å². The second-order valence-corrected chi connectivity index (χ2v) is 7.45. The summed E-state index contributed by atoms with van der Waals surface area (Å²) >= 11 is 0. The van der Waals surface area contributed by atoms with E-state index in [1.165, 1.54) is 17.7 Å². The number of benzene rings is 2. The standard InChI is InChI=1S/C19H24N2O4S/c1-2-15-3-7-17(8-4-15)25-14-12-19(22)21-13-11-16-5-9-18(10-6-16)26(20,23)24/h3-10H,2,11-14H2,1H3,(H,21,22)(H2,20,23,24). The third-order valence-electron chi connectivity index (χ3n) is 3.92. The number of ether oxygens (including phenoxy) is 1. The number of primary sulfonamides is 1. The van der Waals surface area contributed by atoms with E-state index in [1.807, 2.05) is 24.3 Å². The van der Waals surface area contributed by atoms with Crippen molar-refractivity contribution in [1.82, 2.24) is 5.32 Å². The van der Waals surface area contributed by atoms with Gasteiger partial charge in [-0.3, -0.25) is 4.79 Å². The van der Waals surface area contributed by atoms with Crippen LogP contribution in [0, 0.1) is 0 Å². The van der Waals surface area contributed by atoms with Crippen LogP contribution in [0.5, 0.6) is 5.75 Å². The van der Waals surface area contributed by atoms with Gasteiger partial charge in [0, 0.05) is 6.54 Å². The number of carbonyl (C=O) groups excluding carboxylic acids is 1. The highest BCUT2D eigenvalue weighted by molar-refractivity contribution is 7.89. The molecule has 140 valence electrons. The molecule has 0 fully saturated rings. The first kappa shape index (κ1) is 19.9. The minimum Gasteiger partial charge on any atom is -0.493 e. The maximum absolute atomic E-state index is 11.8. The fourth-order valence-corrected chi connectivity index (χ4v) is 2.88. The molecular weight excluding hydrogens is 352 g/mol. The Morgan fingerprint density at radius 3 is 2.23 bits per heavy atom. The Balaban J connectivity index is 1.67. The normalized spacial score (nSPS) is 11.2. The molecule has 0 atom stereocenters. The first-order valence-electron chi connectivity index (χ1n) is 8.48. The fraction of sp³-hybridized carbons (Fsp3) is 0.316. The lowest BCUT2D eigenvalue weighted by atomic mass is 10.1. The number of hydrogen-bond acceptors (Lipinski definition) is 4. The Morgan fingerprint density at radius 2 is 1.65 bits per heavy atom. The highest BCUT2D eigenvalue weighted by Crippen LogP contribution is 2.12. The van der Waals surface area contributed by atoms with Crippen molar-refractivity contribution in [2.24, 2.45) is 5.14 Å². The first-order valence-corrected chi connectivity index (χ1v) is 10.0. The summed E-state index contributed by atoms with van der Waals surface area (Å²) in [6.07, 6.45) is 1.86. The lowest BCUT2D eigenvalue weighted by Crippen LogP contribution is -2.27. The molecule has 0 aliphatic rings. The number of nitrogens with two attached hydrogens (primary N) is 1. The van der Waals surface area contributed by atoms with Gasteiger partial charge in [0.2, 0.25) is 15.9 Å². The molecule has 0 bridgehead atoms. The zero-order valence-corrected chi connectivity index (χ0v) is 15.6. The fourth-order valence-electron chi connectivity index (χ4n) is 2.36. The van der Waals surface area contributed by atoms with Gasteiger partial charge < -0.3 is 10.1 Å². The Labute approximate surface area is 154 Å². The third-order valence-corrected chi connectivity index (χ3v) is 4.85. The van der Waals surface area contributed by atoms with Gasteiger partial charge in [0.15, 0.2) is 0 Å². The summed E-state index contributed by atoms with van der Waals surface area (Å²) in [7, 11) is -3.67. The Kier molecular flexibility index (Phi) is 7.17. The maximum Gasteiger partial charge on any atom is 0.238 e. The van der Waals surface area contributed by atoms with Crippen molar-refractivity contribution in [3.63, 3.8) is 0 Å². The van der Waals surface area contributed by atoms with Gasteiger partial charge in [-0.05, 0) is 48.2 Å². The number of amides is 1. The molecule has 0 aliphatic heterocycles. The highest BCUT2D eigenvalue weighted by atomic mass is 32.2. The van der Waals surface area contributed by atoms with Crippen molar-refractivity contribution < 1.29 is 17.9 Å². The van der Waals surface area contributed by atoms with E-state index in [2.05, 4.69) is 12.2 Å². The predicted molar refractivity (Wildman–Crippen MR) is 100 cm³/mol. The van der Waals surface area contributed by atoms with Gasteiger partial charge in [-0.15, -0.1) is 0 Å². The Hall–Kier alpha value is -2.38. The second-order valence-electron chi connectivity index (χ2n) is 5.88. The molecule has 1 amide bonds. The van der Waals surface area contributed by atoms with Gasteiger partial charge in [0.05, 0.1) is 17.9 Å². The van der Waals surface area contributed by atoms with Gasteiger partial charge in [-0.25, -0.2) is 13.6 Å². The third kappa shape index (κ3) is 6.50. The number of sulfonamides is 1. The number of carbonyl (C=O) groups is 1. The summed E-state index contributed by atoms with van der Waals surface area (Å²) in [6.45, 7) is 2.88. The number of nitrogens with one attached hydrogen (secondary N) is 1. The summed E-state index contributed by atoms with van der Waals surface area (Å²) in [6, 6.07) is 14.1. The molecule has 0 aromatic heterocycles. The average Bonchev–Trinajstić information content (AvgIpc) is 2.62. The lowest BCUT2D eigenvalue weighted by molar-refractivity contribution is -0.121. The van der Waals surface area contributed by atoms with Crippen LogP contribution in [0.4, 0.5) is 0 Å². The summed E-state index contributed by atoms with van der Waals surface area (Å²) in [4.78, 5) is 11.9. The van der Waals surface area contributed by atoms with Gasteiger partial charge in [0.1, 0.15) is 5.75 Å². The zero-order valence-electron chi connectivity index (χ0n) is 14.8. The van der Waals surface area contributed by atoms with Crippen molar-refractivity contribution >= 4 is 15.9 Å². The van der Waals surface area contributed by atoms with E-state index < -0.39 is 10.0 Å². The number of hydrogen-bond donors (Lipinski definition) is 2. The van der Waals surface area contributed by atoms with Crippen LogP contribution < -0.4 is 15.2 Å². The van der Waals surface area contributed by atoms with Crippen LogP contribution in [-0.2, 0) is 27.7 Å². The van der Waals surface area contributed by atoms with E-state index >= 15 is 0 Å². The number of aryl methyl sites for hydroxylation is 1. The summed E-state index contributed by atoms with van der Waals surface area (Å²) in [5, 5.41) is 7.87. The van der Waals surface area contributed by atoms with Crippen LogP contribution >= 0.6 is 0 Å². The summed E-state index contributed by atoms with van der Waals surface area (Å²) in [5.74, 6) is 0.668. The molecule has 0 saturated carbocycles. The quantitative estimate of drug-likeness (QED) is 0.699. The van der Waals surface area contributed by atoms with Crippen molar-refractivity contribution in [3.05, 3.63) is 59.7 Å². The molecule has 2 aromatic carbocycles. The van der Waals surface area contributed by atoms with Crippen LogP contribution in [0.1, 0.15) is 24.5 Å². The molecule has 0 aliphatic carbocycles. The van der Waals surface area contributed by atoms with Crippen molar-refractivity contribution in [2.75, 3.05) is 13.2 Å². The van der Waals surface area contributed by atoms with E-state index in [0.29, 0.717) is 19.6 Å². The molecule has 7 heteroatoms. The minimum absolute atomic E-state index is 0.0782. The van der Waals surface area contributed by atoms with Gasteiger partial charge in [-0.1, -0.05) is 31.2 Å². The van der Waals surface area contributed by atoms with Crippen molar-refractivity contribution in [2.45, 2.75) is 31.1 Å². The molecule has 0 heterocycles. The van der Waals surface area contributed by atoms with Crippen LogP contribution in [0.2, 0.25) is 0 Å². The summed E-state index contributed by atoms with van der Waals surface area (Å²) < 4.78 is 27.9. The molecule has 0 unspecified atom stereocenters. The van der Waals surface area contributed by atoms with E-state index in [9.17, 15) is 13.2 Å². The molecule has 26 heavy (non-hydrogen) atoms. The van der Waals surface area contributed by atoms with E-state index in [1.54, 1.807) is 12.1 Å². The highest BCUT2D eigenvalue weighted by Gasteiger charge is 2.07. The maximum atomic E-state index is 11.8. The summed E-state index contributed by atoms with van der Waals surface area (Å²) in [5.41, 5.74) is 2.16. The Morgan fingerprint density at radius 1 is 1.04 bits per heavy atom. The minimum atomic E-state index is -3.67. The molecule has 0 radical (unpaired) electrons. The van der Waals surface area contributed by atoms with Gasteiger partial charge in [-0.2, -0.15) is 0 Å². The molecule has 3 N–H and O–H groups in total. The van der Waals surface area contributed by atoms with Gasteiger partial charge in [0.25, 0.3) is 0 Å². The molecular formula is C19H24N2O4S. The van der Waals surface area contributed by atoms with Crippen LogP contribution in [0.15, 0.2) is 53.4 Å². The van der Waals surface area contributed by atoms with E-state index in [0.717, 1.165) is 17.7 Å². The van der Waals surface area contributed by atoms with Crippen molar-refractivity contribution in [1.29, 1.82) is 0 Å². The lowest BCUT2D eigenvalue weighted by Gasteiger charge is -2.08. The molecule has 0 saturated heterocycles. The molecule has 0 spiro atoms. The predicted octanol–water partition coefficient (Wildman–Crippen LogP) is 2.02. The van der Waals surface area contributed by atoms with Gasteiger partial charge >= 0.3 is 0 Å². The molecule has 2 aromatic rings. The van der Waals surface area contributed by atoms with Crippen LogP contribution in [-0.4, -0.2) is 27.5 Å². The largest absolute Gasteiger partial charge is 0.493 e. The zero-order chi connectivity index (χ0) is 19.0. The monoisotopic (exact) mass is 376 g/mol. The molecule has 6 nitrogen and oxygen atoms in total. The van der Waals surface area contributed by atoms with Crippen molar-refractivity contribution in [3.8, 4) is 5.75 Å².